The summed E-state index contributed by atoms with van der Waals surface area (Å²) >= 11 is 0. The zero-order chi connectivity index (χ0) is 8.55. The maximum atomic E-state index is 5.96. The van der Waals surface area contributed by atoms with Gasteiger partial charge in [0.1, 0.15) is 0 Å². The molecule has 1 aliphatic carbocycles. The number of aryl methyl sites for hydroxylation is 1. The van der Waals surface area contributed by atoms with E-state index in [0.717, 1.165) is 12.8 Å². The van der Waals surface area contributed by atoms with Crippen molar-refractivity contribution in [2.75, 3.05) is 0 Å². The standard InChI is InChI=1S/C10H14N2/c11-9-6-5-7-3-1-2-4-8(7)10(9)12/h1-4,9-10H,5-6,11-12H2/t9-,10-/m0/s1. The van der Waals surface area contributed by atoms with Crippen LogP contribution in [0.15, 0.2) is 24.3 Å². The molecule has 0 aromatic heterocycles. The van der Waals surface area contributed by atoms with Crippen molar-refractivity contribution in [2.45, 2.75) is 24.9 Å². The van der Waals surface area contributed by atoms with E-state index >= 15 is 0 Å². The predicted molar refractivity (Wildman–Crippen MR) is 49.7 cm³/mol. The number of hydrogen-bond donors (Lipinski definition) is 2. The Morgan fingerprint density at radius 1 is 1.17 bits per heavy atom. The number of fused-ring (bicyclic) bond motifs is 1. The molecule has 1 aromatic carbocycles. The van der Waals surface area contributed by atoms with Gasteiger partial charge in [0.2, 0.25) is 0 Å². The molecule has 2 atom stereocenters. The molecule has 0 saturated heterocycles. The van der Waals surface area contributed by atoms with Crippen molar-refractivity contribution in [3.8, 4) is 0 Å². The highest BCUT2D eigenvalue weighted by Gasteiger charge is 2.22. The quantitative estimate of drug-likeness (QED) is 0.597. The summed E-state index contributed by atoms with van der Waals surface area (Å²) in [6.45, 7) is 0. The second-order valence-electron chi connectivity index (χ2n) is 3.43. The molecule has 0 heterocycles. The molecule has 0 bridgehead atoms. The van der Waals surface area contributed by atoms with Gasteiger partial charge in [0.15, 0.2) is 0 Å². The summed E-state index contributed by atoms with van der Waals surface area (Å²) in [5.74, 6) is 0. The Hall–Kier alpha value is -0.860. The Labute approximate surface area is 72.6 Å². The van der Waals surface area contributed by atoms with Crippen LogP contribution < -0.4 is 11.5 Å². The monoisotopic (exact) mass is 162 g/mol. The minimum absolute atomic E-state index is 0.0370. The summed E-state index contributed by atoms with van der Waals surface area (Å²) in [5, 5.41) is 0. The van der Waals surface area contributed by atoms with Gasteiger partial charge in [0.25, 0.3) is 0 Å². The fourth-order valence-electron chi connectivity index (χ4n) is 1.82. The minimum atomic E-state index is 0.0370. The van der Waals surface area contributed by atoms with E-state index in [4.69, 9.17) is 11.5 Å². The predicted octanol–water partition coefficient (Wildman–Crippen LogP) is 0.960. The Bertz CT molecular complexity index is 283. The van der Waals surface area contributed by atoms with Crippen LogP contribution in [0.1, 0.15) is 23.6 Å². The van der Waals surface area contributed by atoms with E-state index in [1.165, 1.54) is 11.1 Å². The number of rotatable bonds is 0. The van der Waals surface area contributed by atoms with Crippen LogP contribution in [0.25, 0.3) is 0 Å². The van der Waals surface area contributed by atoms with Crippen LogP contribution >= 0.6 is 0 Å². The second-order valence-corrected chi connectivity index (χ2v) is 3.43. The van der Waals surface area contributed by atoms with Gasteiger partial charge in [-0.2, -0.15) is 0 Å². The molecule has 2 heteroatoms. The maximum absolute atomic E-state index is 5.96. The van der Waals surface area contributed by atoms with Crippen molar-refractivity contribution in [3.63, 3.8) is 0 Å². The molecule has 2 rings (SSSR count). The second kappa shape index (κ2) is 2.88. The summed E-state index contributed by atoms with van der Waals surface area (Å²) < 4.78 is 0. The molecule has 1 aliphatic rings. The van der Waals surface area contributed by atoms with E-state index in [1.807, 2.05) is 6.07 Å². The molecule has 4 N–H and O–H groups in total. The fraction of sp³-hybridized carbons (Fsp3) is 0.400. The lowest BCUT2D eigenvalue weighted by Crippen LogP contribution is -2.37. The third-order valence-corrected chi connectivity index (χ3v) is 2.62. The van der Waals surface area contributed by atoms with Gasteiger partial charge in [-0.05, 0) is 24.0 Å². The van der Waals surface area contributed by atoms with Gasteiger partial charge in [0, 0.05) is 12.1 Å². The zero-order valence-corrected chi connectivity index (χ0v) is 7.03. The number of hydrogen-bond acceptors (Lipinski definition) is 2. The van der Waals surface area contributed by atoms with E-state index < -0.39 is 0 Å². The van der Waals surface area contributed by atoms with Gasteiger partial charge in [-0.3, -0.25) is 0 Å². The van der Waals surface area contributed by atoms with Crippen LogP contribution in [0.5, 0.6) is 0 Å². The summed E-state index contributed by atoms with van der Waals surface area (Å²) in [6.07, 6.45) is 2.09. The normalized spacial score (nSPS) is 28.2. The highest BCUT2D eigenvalue weighted by molar-refractivity contribution is 5.33. The van der Waals surface area contributed by atoms with Crippen LogP contribution in [0.3, 0.4) is 0 Å². The topological polar surface area (TPSA) is 52.0 Å². The molecule has 2 nitrogen and oxygen atoms in total. The Morgan fingerprint density at radius 2 is 1.92 bits per heavy atom. The fourth-order valence-corrected chi connectivity index (χ4v) is 1.82. The molecule has 0 amide bonds. The van der Waals surface area contributed by atoms with Crippen molar-refractivity contribution in [1.29, 1.82) is 0 Å². The highest BCUT2D eigenvalue weighted by Crippen LogP contribution is 2.26. The van der Waals surface area contributed by atoms with Gasteiger partial charge < -0.3 is 11.5 Å². The Balaban J connectivity index is 2.42. The largest absolute Gasteiger partial charge is 0.326 e. The van der Waals surface area contributed by atoms with Gasteiger partial charge in [-0.15, -0.1) is 0 Å². The SMILES string of the molecule is N[C@H]1CCc2ccccc2[C@@H]1N. The van der Waals surface area contributed by atoms with Crippen molar-refractivity contribution in [3.05, 3.63) is 35.4 Å². The molecule has 0 aliphatic heterocycles. The summed E-state index contributed by atoms with van der Waals surface area (Å²) in [7, 11) is 0. The van der Waals surface area contributed by atoms with E-state index in [-0.39, 0.29) is 12.1 Å². The van der Waals surface area contributed by atoms with Crippen molar-refractivity contribution in [2.24, 2.45) is 11.5 Å². The average molecular weight is 162 g/mol. The molecular weight excluding hydrogens is 148 g/mol. The maximum Gasteiger partial charge on any atom is 0.0451 e. The van der Waals surface area contributed by atoms with Gasteiger partial charge in [0.05, 0.1) is 0 Å². The molecule has 0 radical (unpaired) electrons. The van der Waals surface area contributed by atoms with Crippen molar-refractivity contribution in [1.82, 2.24) is 0 Å². The molecule has 0 spiro atoms. The first-order chi connectivity index (χ1) is 5.79. The molecule has 0 saturated carbocycles. The lowest BCUT2D eigenvalue weighted by molar-refractivity contribution is 0.481. The van der Waals surface area contributed by atoms with Crippen LogP contribution in [-0.2, 0) is 6.42 Å². The van der Waals surface area contributed by atoms with E-state index in [1.54, 1.807) is 0 Å². The molecule has 12 heavy (non-hydrogen) atoms. The van der Waals surface area contributed by atoms with E-state index in [0.29, 0.717) is 0 Å². The first-order valence-corrected chi connectivity index (χ1v) is 4.38. The van der Waals surface area contributed by atoms with E-state index in [9.17, 15) is 0 Å². The Morgan fingerprint density at radius 3 is 2.75 bits per heavy atom. The average Bonchev–Trinajstić information content (AvgIpc) is 2.12. The molecule has 1 aromatic rings. The van der Waals surface area contributed by atoms with Gasteiger partial charge in [-0.25, -0.2) is 0 Å². The number of nitrogens with two attached hydrogens (primary N) is 2. The summed E-state index contributed by atoms with van der Waals surface area (Å²) in [5.41, 5.74) is 14.4. The van der Waals surface area contributed by atoms with Crippen LogP contribution in [0.2, 0.25) is 0 Å². The molecule has 0 fully saturated rings. The van der Waals surface area contributed by atoms with Crippen molar-refractivity contribution < 1.29 is 0 Å². The zero-order valence-electron chi connectivity index (χ0n) is 7.03. The lowest BCUT2D eigenvalue weighted by Gasteiger charge is -2.27. The molecule has 0 unspecified atom stereocenters. The minimum Gasteiger partial charge on any atom is -0.326 e. The first-order valence-electron chi connectivity index (χ1n) is 4.38. The third-order valence-electron chi connectivity index (χ3n) is 2.62. The van der Waals surface area contributed by atoms with Gasteiger partial charge in [-0.1, -0.05) is 24.3 Å². The third kappa shape index (κ3) is 1.13. The number of benzene rings is 1. The first kappa shape index (κ1) is 7.77. The lowest BCUT2D eigenvalue weighted by atomic mass is 9.85. The highest BCUT2D eigenvalue weighted by atomic mass is 14.8. The van der Waals surface area contributed by atoms with Crippen LogP contribution in [0, 0.1) is 0 Å². The molecular formula is C10H14N2. The van der Waals surface area contributed by atoms with Crippen LogP contribution in [-0.4, -0.2) is 6.04 Å². The smallest absolute Gasteiger partial charge is 0.0451 e. The van der Waals surface area contributed by atoms with E-state index in [2.05, 4.69) is 18.2 Å². The van der Waals surface area contributed by atoms with Crippen molar-refractivity contribution >= 4 is 0 Å². The van der Waals surface area contributed by atoms with Crippen LogP contribution in [0.4, 0.5) is 0 Å². The summed E-state index contributed by atoms with van der Waals surface area (Å²) in [4.78, 5) is 0. The van der Waals surface area contributed by atoms with Gasteiger partial charge >= 0.3 is 0 Å². The Kier molecular flexibility index (Phi) is 1.87. The molecule has 64 valence electrons. The summed E-state index contributed by atoms with van der Waals surface area (Å²) in [6, 6.07) is 8.48.